The molecular weight excluding hydrogens is 590 g/mol. The van der Waals surface area contributed by atoms with E-state index >= 15 is 0 Å². The van der Waals surface area contributed by atoms with E-state index in [1.54, 1.807) is 32.0 Å². The van der Waals surface area contributed by atoms with Gasteiger partial charge in [0.2, 0.25) is 10.0 Å². The number of carbonyl (C=O) groups is 1. The van der Waals surface area contributed by atoms with Gasteiger partial charge < -0.3 is 14.7 Å². The van der Waals surface area contributed by atoms with Crippen LogP contribution in [-0.2, 0) is 20.0 Å². The van der Waals surface area contributed by atoms with Gasteiger partial charge in [0.15, 0.2) is 5.75 Å². The maximum atomic E-state index is 13.7. The largest absolute Gasteiger partial charge is 0.486 e. The molecule has 0 aromatic heterocycles. The molecule has 3 aromatic carbocycles. The number of para-hydroxylation sites is 1. The Kier molecular flexibility index (Phi) is 9.29. The summed E-state index contributed by atoms with van der Waals surface area (Å²) in [5.74, 6) is -0.890. The van der Waals surface area contributed by atoms with E-state index in [1.165, 1.54) is 66.5 Å². The number of likely N-dealkylation sites (N-methyl/N-ethyl adjacent to an activating group) is 1. The van der Waals surface area contributed by atoms with E-state index in [2.05, 4.69) is 4.72 Å². The number of hydrogen-bond donors (Lipinski definition) is 2. The summed E-state index contributed by atoms with van der Waals surface area (Å²) in [6.07, 6.45) is -0.801. The number of fused-ring (bicyclic) bond motifs is 1. The van der Waals surface area contributed by atoms with Crippen molar-refractivity contribution >= 4 is 43.2 Å². The van der Waals surface area contributed by atoms with Crippen LogP contribution in [0.2, 0.25) is 5.02 Å². The van der Waals surface area contributed by atoms with Crippen molar-refractivity contribution in [3.05, 3.63) is 83.4 Å². The lowest BCUT2D eigenvalue weighted by molar-refractivity contribution is 0.0389. The summed E-state index contributed by atoms with van der Waals surface area (Å²) in [6.45, 7) is 3.26. The summed E-state index contributed by atoms with van der Waals surface area (Å²) in [6, 6.07) is 17.5. The van der Waals surface area contributed by atoms with Gasteiger partial charge in [-0.3, -0.25) is 9.52 Å². The van der Waals surface area contributed by atoms with Gasteiger partial charge in [-0.1, -0.05) is 42.8 Å². The number of amides is 1. The van der Waals surface area contributed by atoms with Crippen LogP contribution in [0, 0.1) is 5.92 Å². The molecule has 0 radical (unpaired) electrons. The van der Waals surface area contributed by atoms with Gasteiger partial charge >= 0.3 is 0 Å². The molecule has 0 saturated heterocycles. The molecule has 2 N–H and O–H groups in total. The van der Waals surface area contributed by atoms with Crippen molar-refractivity contribution in [3.8, 4) is 5.75 Å². The van der Waals surface area contributed by atoms with E-state index in [9.17, 15) is 26.7 Å². The SMILES string of the molecule is C[C@@H]1CN([C@@H](C)CO)C(=O)c2cccc(NS(=O)(=O)c3ccccc3)c2O[C@@H]1CN(C)S(=O)(=O)c1ccc(Cl)cc1. The van der Waals surface area contributed by atoms with Crippen molar-refractivity contribution in [1.29, 1.82) is 0 Å². The molecule has 1 aliphatic rings. The minimum Gasteiger partial charge on any atom is -0.486 e. The molecule has 0 spiro atoms. The predicted octanol–water partition coefficient (Wildman–Crippen LogP) is 3.68. The van der Waals surface area contributed by atoms with E-state index < -0.39 is 44.0 Å². The number of aliphatic hydroxyl groups is 1. The first-order valence-electron chi connectivity index (χ1n) is 12.9. The summed E-state index contributed by atoms with van der Waals surface area (Å²) >= 11 is 5.93. The maximum Gasteiger partial charge on any atom is 0.262 e. The van der Waals surface area contributed by atoms with Crippen LogP contribution in [0.3, 0.4) is 0 Å². The normalized spacial score (nSPS) is 18.7. The van der Waals surface area contributed by atoms with Crippen LogP contribution in [-0.4, -0.2) is 75.9 Å². The number of rotatable bonds is 9. The smallest absolute Gasteiger partial charge is 0.262 e. The first-order valence-corrected chi connectivity index (χ1v) is 16.2. The highest BCUT2D eigenvalue weighted by atomic mass is 35.5. The molecule has 10 nitrogen and oxygen atoms in total. The second-order valence-corrected chi connectivity index (χ2v) is 14.1. The fourth-order valence-electron chi connectivity index (χ4n) is 4.48. The predicted molar refractivity (Wildman–Crippen MR) is 156 cm³/mol. The van der Waals surface area contributed by atoms with Crippen LogP contribution in [0.1, 0.15) is 24.2 Å². The number of aliphatic hydroxyl groups excluding tert-OH is 1. The number of sulfonamides is 2. The summed E-state index contributed by atoms with van der Waals surface area (Å²) in [5.41, 5.74) is 0.109. The van der Waals surface area contributed by atoms with Gasteiger partial charge in [0.05, 0.1) is 40.2 Å². The fourth-order valence-corrected chi connectivity index (χ4v) is 6.88. The molecule has 4 rings (SSSR count). The first-order chi connectivity index (χ1) is 19.3. The number of halogens is 1. The molecule has 0 bridgehead atoms. The molecule has 3 aromatic rings. The Morgan fingerprint density at radius 2 is 1.68 bits per heavy atom. The van der Waals surface area contributed by atoms with E-state index in [0.717, 1.165) is 4.31 Å². The average molecular weight is 622 g/mol. The van der Waals surface area contributed by atoms with Crippen LogP contribution in [0.25, 0.3) is 0 Å². The zero-order valence-corrected chi connectivity index (χ0v) is 25.2. The van der Waals surface area contributed by atoms with Crippen molar-refractivity contribution in [2.75, 3.05) is 31.5 Å². The van der Waals surface area contributed by atoms with Crippen LogP contribution >= 0.6 is 11.6 Å². The first kappa shape index (κ1) is 30.8. The Labute approximate surface area is 245 Å². The summed E-state index contributed by atoms with van der Waals surface area (Å²) in [4.78, 5) is 15.2. The maximum absolute atomic E-state index is 13.7. The van der Waals surface area contributed by atoms with E-state index in [-0.39, 0.29) is 46.5 Å². The number of anilines is 1. The van der Waals surface area contributed by atoms with Crippen molar-refractivity contribution in [3.63, 3.8) is 0 Å². The molecule has 13 heteroatoms. The number of ether oxygens (including phenoxy) is 1. The van der Waals surface area contributed by atoms with Crippen LogP contribution < -0.4 is 9.46 Å². The van der Waals surface area contributed by atoms with Crippen LogP contribution in [0.5, 0.6) is 5.75 Å². The second-order valence-electron chi connectivity index (χ2n) is 9.96. The summed E-state index contributed by atoms with van der Waals surface area (Å²) in [5, 5.41) is 10.3. The van der Waals surface area contributed by atoms with Crippen molar-refractivity contribution in [2.45, 2.75) is 35.8 Å². The fraction of sp³-hybridized carbons (Fsp3) is 0.321. The van der Waals surface area contributed by atoms with Crippen molar-refractivity contribution in [2.24, 2.45) is 5.92 Å². The van der Waals surface area contributed by atoms with E-state index in [4.69, 9.17) is 16.3 Å². The Morgan fingerprint density at radius 3 is 2.32 bits per heavy atom. The number of nitrogens with zero attached hydrogens (tertiary/aromatic N) is 2. The molecule has 0 aliphatic carbocycles. The van der Waals surface area contributed by atoms with Gasteiger partial charge in [-0.2, -0.15) is 4.31 Å². The van der Waals surface area contributed by atoms with Crippen LogP contribution in [0.15, 0.2) is 82.6 Å². The highest BCUT2D eigenvalue weighted by Gasteiger charge is 2.36. The Hall–Kier alpha value is -3.16. The molecule has 1 aliphatic heterocycles. The highest BCUT2D eigenvalue weighted by molar-refractivity contribution is 7.92. The van der Waals surface area contributed by atoms with Gasteiger partial charge in [0.25, 0.3) is 15.9 Å². The lowest BCUT2D eigenvalue weighted by Gasteiger charge is -2.38. The monoisotopic (exact) mass is 621 g/mol. The van der Waals surface area contributed by atoms with Crippen LogP contribution in [0.4, 0.5) is 5.69 Å². The lowest BCUT2D eigenvalue weighted by atomic mass is 9.99. The van der Waals surface area contributed by atoms with E-state index in [0.29, 0.717) is 5.02 Å². The summed E-state index contributed by atoms with van der Waals surface area (Å²) in [7, 11) is -6.56. The Morgan fingerprint density at radius 1 is 1.02 bits per heavy atom. The average Bonchev–Trinajstić information content (AvgIpc) is 2.95. The van der Waals surface area contributed by atoms with Gasteiger partial charge in [0.1, 0.15) is 6.10 Å². The number of benzene rings is 3. The second kappa shape index (κ2) is 12.4. The molecule has 220 valence electrons. The Bertz CT molecular complexity index is 1600. The van der Waals surface area contributed by atoms with Crippen molar-refractivity contribution < 1.29 is 31.5 Å². The standard InChI is InChI=1S/C28H32ClN3O7S2/c1-19-16-32(20(2)18-33)28(34)24-10-7-11-25(30-40(35,36)22-8-5-4-6-9-22)27(24)39-26(19)17-31(3)41(37,38)23-14-12-21(29)13-15-23/h4-15,19-20,26,30,33H,16-18H2,1-3H3/t19-,20+,26-/m1/s1. The molecular formula is C28H32ClN3O7S2. The molecule has 3 atom stereocenters. The third kappa shape index (κ3) is 6.68. The lowest BCUT2D eigenvalue weighted by Crippen LogP contribution is -2.50. The zero-order chi connectivity index (χ0) is 29.9. The van der Waals surface area contributed by atoms with Crippen molar-refractivity contribution in [1.82, 2.24) is 9.21 Å². The van der Waals surface area contributed by atoms with Gasteiger partial charge in [-0.25, -0.2) is 16.8 Å². The molecule has 0 saturated carbocycles. The zero-order valence-electron chi connectivity index (χ0n) is 22.8. The van der Waals surface area contributed by atoms with Gasteiger partial charge in [-0.05, 0) is 55.5 Å². The molecule has 1 heterocycles. The highest BCUT2D eigenvalue weighted by Crippen LogP contribution is 2.36. The summed E-state index contributed by atoms with van der Waals surface area (Å²) < 4.78 is 63.1. The number of carbonyl (C=O) groups excluding carboxylic acids is 1. The van der Waals surface area contributed by atoms with E-state index in [1.807, 2.05) is 0 Å². The quantitative estimate of drug-likeness (QED) is 0.372. The molecule has 0 fully saturated rings. The van der Waals surface area contributed by atoms with Gasteiger partial charge in [-0.15, -0.1) is 0 Å². The van der Waals surface area contributed by atoms with Gasteiger partial charge in [0, 0.05) is 24.5 Å². The Balaban J connectivity index is 1.76. The minimum absolute atomic E-state index is 0.0176. The molecule has 41 heavy (non-hydrogen) atoms. The third-order valence-corrected chi connectivity index (χ3v) is 10.4. The molecule has 0 unspecified atom stereocenters. The minimum atomic E-state index is -4.05. The topological polar surface area (TPSA) is 133 Å². The number of hydrogen-bond acceptors (Lipinski definition) is 7. The number of nitrogens with one attached hydrogen (secondary N) is 1. The third-order valence-electron chi connectivity index (χ3n) is 6.95. The molecule has 1 amide bonds.